The molecule has 10 heavy (non-hydrogen) atoms. The van der Waals surface area contributed by atoms with E-state index in [-0.39, 0.29) is 5.41 Å². The van der Waals surface area contributed by atoms with Gasteiger partial charge >= 0.3 is 0 Å². The van der Waals surface area contributed by atoms with E-state index in [1.807, 2.05) is 34.9 Å². The third-order valence-electron chi connectivity index (χ3n) is 0.696. The monoisotopic (exact) mass is 145 g/mol. The van der Waals surface area contributed by atoms with E-state index in [0.717, 1.165) is 6.29 Å². The van der Waals surface area contributed by atoms with Crippen LogP contribution >= 0.6 is 0 Å². The third-order valence-corrected chi connectivity index (χ3v) is 0.696. The Hall–Kier alpha value is -0.370. The topological polar surface area (TPSA) is 29.1 Å². The fourth-order valence-electron chi connectivity index (χ4n) is 0.250. The summed E-state index contributed by atoms with van der Waals surface area (Å²) in [4.78, 5) is 9.82. The first-order valence-electron chi connectivity index (χ1n) is 3.50. The second kappa shape index (κ2) is 6.75. The zero-order chi connectivity index (χ0) is 8.62. The lowest BCUT2D eigenvalue weighted by Gasteiger charge is -2.11. The average Bonchev–Trinajstić information content (AvgIpc) is 1.63. The largest absolute Gasteiger partial charge is 0.323 e. The Morgan fingerprint density at radius 1 is 1.30 bits per heavy atom. The van der Waals surface area contributed by atoms with Crippen molar-refractivity contribution in [2.24, 2.45) is 5.41 Å². The van der Waals surface area contributed by atoms with Gasteiger partial charge in [0.25, 0.3) is 0 Å². The molecule has 0 aromatic heterocycles. The van der Waals surface area contributed by atoms with Crippen LogP contribution in [0.3, 0.4) is 0 Å². The lowest BCUT2D eigenvalue weighted by atomic mass is 9.93. The van der Waals surface area contributed by atoms with Gasteiger partial charge in [-0.3, -0.25) is 0 Å². The minimum absolute atomic E-state index is 0.182. The van der Waals surface area contributed by atoms with Crippen LogP contribution in [0.15, 0.2) is 0 Å². The molecule has 2 heteroatoms. The Bertz CT molecular complexity index is 73.8. The fraction of sp³-hybridized carbons (Fsp3) is 0.875. The van der Waals surface area contributed by atoms with Gasteiger partial charge in [-0.15, -0.1) is 0 Å². The maximum Gasteiger partial charge on any atom is 0.120 e. The second-order valence-corrected chi connectivity index (χ2v) is 3.43. The Morgan fingerprint density at radius 2 is 1.60 bits per heavy atom. The van der Waals surface area contributed by atoms with Gasteiger partial charge in [0.05, 0.1) is 0 Å². The van der Waals surface area contributed by atoms with Crippen LogP contribution in [0.2, 0.25) is 0 Å². The highest BCUT2D eigenvalue weighted by Crippen LogP contribution is 2.15. The highest BCUT2D eigenvalue weighted by Gasteiger charge is 2.06. The SMILES string of the molecule is CC(C)(C)CC=O.CNC. The number of rotatable bonds is 1. The van der Waals surface area contributed by atoms with Crippen LogP contribution < -0.4 is 5.32 Å². The molecule has 0 radical (unpaired) electrons. The van der Waals surface area contributed by atoms with Crippen molar-refractivity contribution < 1.29 is 4.79 Å². The van der Waals surface area contributed by atoms with Crippen molar-refractivity contribution in [3.63, 3.8) is 0 Å². The number of hydrogen-bond donors (Lipinski definition) is 1. The van der Waals surface area contributed by atoms with E-state index in [1.54, 1.807) is 0 Å². The van der Waals surface area contributed by atoms with Crippen molar-refractivity contribution in [1.29, 1.82) is 0 Å². The summed E-state index contributed by atoms with van der Waals surface area (Å²) in [5.74, 6) is 0. The number of hydrogen-bond acceptors (Lipinski definition) is 2. The summed E-state index contributed by atoms with van der Waals surface area (Å²) in [6.45, 7) is 6.13. The van der Waals surface area contributed by atoms with E-state index in [1.165, 1.54) is 0 Å². The molecule has 0 aliphatic rings. The first kappa shape index (κ1) is 12.3. The molecule has 0 bridgehead atoms. The summed E-state index contributed by atoms with van der Waals surface area (Å²) < 4.78 is 0. The van der Waals surface area contributed by atoms with Crippen LogP contribution in [-0.4, -0.2) is 20.4 Å². The molecule has 0 atom stereocenters. The van der Waals surface area contributed by atoms with Gasteiger partial charge < -0.3 is 10.1 Å². The van der Waals surface area contributed by atoms with Gasteiger partial charge in [0.1, 0.15) is 6.29 Å². The van der Waals surface area contributed by atoms with Gasteiger partial charge in [0.2, 0.25) is 0 Å². The molecule has 0 aromatic carbocycles. The number of carbonyl (C=O) groups is 1. The molecule has 0 unspecified atom stereocenters. The van der Waals surface area contributed by atoms with Crippen LogP contribution in [0.4, 0.5) is 0 Å². The van der Waals surface area contributed by atoms with Gasteiger partial charge in [0, 0.05) is 6.42 Å². The van der Waals surface area contributed by atoms with Gasteiger partial charge in [-0.1, -0.05) is 20.8 Å². The Balaban J connectivity index is 0. The summed E-state index contributed by atoms with van der Waals surface area (Å²) in [5.41, 5.74) is 0.182. The maximum absolute atomic E-state index is 9.82. The summed E-state index contributed by atoms with van der Waals surface area (Å²) in [7, 11) is 3.75. The molecule has 0 aliphatic heterocycles. The molecule has 1 N–H and O–H groups in total. The Kier molecular flexibility index (Phi) is 8.31. The van der Waals surface area contributed by atoms with Crippen molar-refractivity contribution in [2.75, 3.05) is 14.1 Å². The van der Waals surface area contributed by atoms with E-state index in [2.05, 4.69) is 5.32 Å². The van der Waals surface area contributed by atoms with Crippen LogP contribution in [0.5, 0.6) is 0 Å². The second-order valence-electron chi connectivity index (χ2n) is 3.43. The lowest BCUT2D eigenvalue weighted by molar-refractivity contribution is -0.109. The molecule has 2 nitrogen and oxygen atoms in total. The fourth-order valence-corrected chi connectivity index (χ4v) is 0.250. The van der Waals surface area contributed by atoms with Crippen LogP contribution in [0, 0.1) is 5.41 Å². The van der Waals surface area contributed by atoms with Gasteiger partial charge in [-0.05, 0) is 19.5 Å². The van der Waals surface area contributed by atoms with Gasteiger partial charge in [0.15, 0.2) is 0 Å². The highest BCUT2D eigenvalue weighted by atomic mass is 16.1. The van der Waals surface area contributed by atoms with Gasteiger partial charge in [-0.25, -0.2) is 0 Å². The predicted molar refractivity (Wildman–Crippen MR) is 45.1 cm³/mol. The molecule has 0 spiro atoms. The van der Waals surface area contributed by atoms with Crippen LogP contribution in [0.25, 0.3) is 0 Å². The molecule has 0 rings (SSSR count). The molecule has 0 saturated heterocycles. The third kappa shape index (κ3) is 25.5. The van der Waals surface area contributed by atoms with Crippen LogP contribution in [-0.2, 0) is 4.79 Å². The zero-order valence-electron chi connectivity index (χ0n) is 7.69. The minimum atomic E-state index is 0.182. The van der Waals surface area contributed by atoms with Crippen molar-refractivity contribution in [3.8, 4) is 0 Å². The summed E-state index contributed by atoms with van der Waals surface area (Å²) >= 11 is 0. The summed E-state index contributed by atoms with van der Waals surface area (Å²) in [6.07, 6.45) is 1.62. The standard InChI is InChI=1S/C6H12O.C2H7N/c1-6(2,3)4-5-7;1-3-2/h5H,4H2,1-3H3;3H,1-2H3. The molecular formula is C8H19NO. The molecule has 0 saturated carbocycles. The molecule has 0 aliphatic carbocycles. The van der Waals surface area contributed by atoms with Crippen molar-refractivity contribution in [1.82, 2.24) is 5.32 Å². The number of carbonyl (C=O) groups excluding carboxylic acids is 1. The molecular weight excluding hydrogens is 126 g/mol. The lowest BCUT2D eigenvalue weighted by Crippen LogP contribution is -2.04. The van der Waals surface area contributed by atoms with Crippen LogP contribution in [0.1, 0.15) is 27.2 Å². The average molecular weight is 145 g/mol. The molecule has 0 heterocycles. The summed E-state index contributed by atoms with van der Waals surface area (Å²) in [5, 5.41) is 2.75. The highest BCUT2D eigenvalue weighted by molar-refractivity contribution is 5.50. The normalized spacial score (nSPS) is 9.70. The molecule has 0 fully saturated rings. The zero-order valence-corrected chi connectivity index (χ0v) is 7.69. The molecule has 0 aromatic rings. The van der Waals surface area contributed by atoms with Crippen molar-refractivity contribution in [2.45, 2.75) is 27.2 Å². The van der Waals surface area contributed by atoms with Crippen molar-refractivity contribution in [3.05, 3.63) is 0 Å². The quantitative estimate of drug-likeness (QED) is 0.566. The predicted octanol–water partition coefficient (Wildman–Crippen LogP) is 1.46. The molecule has 0 amide bonds. The minimum Gasteiger partial charge on any atom is -0.323 e. The first-order chi connectivity index (χ1) is 4.47. The van der Waals surface area contributed by atoms with E-state index in [4.69, 9.17) is 0 Å². The number of nitrogens with one attached hydrogen (secondary N) is 1. The van der Waals surface area contributed by atoms with E-state index >= 15 is 0 Å². The van der Waals surface area contributed by atoms with E-state index < -0.39 is 0 Å². The maximum atomic E-state index is 9.82. The van der Waals surface area contributed by atoms with Gasteiger partial charge in [-0.2, -0.15) is 0 Å². The van der Waals surface area contributed by atoms with Crippen molar-refractivity contribution >= 4 is 6.29 Å². The smallest absolute Gasteiger partial charge is 0.120 e. The Morgan fingerprint density at radius 3 is 1.60 bits per heavy atom. The first-order valence-corrected chi connectivity index (χ1v) is 3.50. The number of aldehydes is 1. The Labute approximate surface area is 64.0 Å². The van der Waals surface area contributed by atoms with E-state index in [9.17, 15) is 4.79 Å². The van der Waals surface area contributed by atoms with E-state index in [0.29, 0.717) is 6.42 Å². The summed E-state index contributed by atoms with van der Waals surface area (Å²) in [6, 6.07) is 0. The molecule has 62 valence electrons.